The summed E-state index contributed by atoms with van der Waals surface area (Å²) in [6.07, 6.45) is 0.694. The van der Waals surface area contributed by atoms with Gasteiger partial charge in [0.15, 0.2) is 11.5 Å². The van der Waals surface area contributed by atoms with E-state index in [4.69, 9.17) is 4.74 Å². The molecule has 2 N–H and O–H groups in total. The van der Waals surface area contributed by atoms with E-state index in [1.165, 1.54) is 18.1 Å². The third-order valence-electron chi connectivity index (χ3n) is 3.07. The van der Waals surface area contributed by atoms with E-state index >= 15 is 0 Å². The Bertz CT molecular complexity index is 639. The lowest BCUT2D eigenvalue weighted by atomic mass is 10.2. The smallest absolute Gasteiger partial charge is 0.293 e. The van der Waals surface area contributed by atoms with Gasteiger partial charge in [-0.1, -0.05) is 13.0 Å². The van der Waals surface area contributed by atoms with Crippen LogP contribution in [0.15, 0.2) is 18.2 Å². The van der Waals surface area contributed by atoms with E-state index in [1.807, 2.05) is 6.92 Å². The topological polar surface area (TPSA) is 91.3 Å². The number of amides is 1. The van der Waals surface area contributed by atoms with Crippen LogP contribution in [-0.2, 0) is 13.0 Å². The number of methoxy groups -OCH3 is 1. The van der Waals surface area contributed by atoms with E-state index in [-0.39, 0.29) is 17.5 Å². The molecule has 0 radical (unpaired) electrons. The van der Waals surface area contributed by atoms with Crippen LogP contribution in [-0.4, -0.2) is 45.3 Å². The van der Waals surface area contributed by atoms with E-state index in [1.54, 1.807) is 19.2 Å². The zero-order chi connectivity index (χ0) is 15.4. The normalized spacial score (nSPS) is 10.4. The lowest BCUT2D eigenvalue weighted by molar-refractivity contribution is 0.0773. The Kier molecular flexibility index (Phi) is 4.42. The van der Waals surface area contributed by atoms with Crippen LogP contribution in [0.2, 0.25) is 0 Å². The summed E-state index contributed by atoms with van der Waals surface area (Å²) in [5.41, 5.74) is 0.840. The van der Waals surface area contributed by atoms with Crippen molar-refractivity contribution in [3.63, 3.8) is 0 Å². The molecule has 1 amide bonds. The van der Waals surface area contributed by atoms with Gasteiger partial charge in [0.25, 0.3) is 5.91 Å². The van der Waals surface area contributed by atoms with Crippen molar-refractivity contribution in [3.8, 4) is 11.5 Å². The molecule has 21 heavy (non-hydrogen) atoms. The maximum Gasteiger partial charge on any atom is 0.293 e. The summed E-state index contributed by atoms with van der Waals surface area (Å²) in [5, 5.41) is 16.2. The Morgan fingerprint density at radius 1 is 1.48 bits per heavy atom. The van der Waals surface area contributed by atoms with Crippen LogP contribution in [0.5, 0.6) is 11.5 Å². The minimum absolute atomic E-state index is 0.0665. The monoisotopic (exact) mass is 290 g/mol. The maximum absolute atomic E-state index is 12.2. The van der Waals surface area contributed by atoms with Crippen LogP contribution < -0.4 is 4.74 Å². The molecule has 0 unspecified atom stereocenters. The number of nitrogens with zero attached hydrogens (tertiary/aromatic N) is 3. The predicted octanol–water partition coefficient (Wildman–Crippen LogP) is 1.35. The second-order valence-electron chi connectivity index (χ2n) is 4.63. The lowest BCUT2D eigenvalue weighted by Crippen LogP contribution is -2.27. The number of hydrogen-bond acceptors (Lipinski definition) is 5. The summed E-state index contributed by atoms with van der Waals surface area (Å²) in [7, 11) is 3.15. The Labute approximate surface area is 122 Å². The highest BCUT2D eigenvalue weighted by atomic mass is 16.5. The van der Waals surface area contributed by atoms with Crippen molar-refractivity contribution in [2.24, 2.45) is 0 Å². The molecule has 7 heteroatoms. The first-order valence-corrected chi connectivity index (χ1v) is 6.57. The largest absolute Gasteiger partial charge is 0.504 e. The van der Waals surface area contributed by atoms with Gasteiger partial charge in [-0.25, -0.2) is 4.98 Å². The predicted molar refractivity (Wildman–Crippen MR) is 76.2 cm³/mol. The molecule has 0 aliphatic carbocycles. The zero-order valence-corrected chi connectivity index (χ0v) is 12.3. The van der Waals surface area contributed by atoms with Gasteiger partial charge in [-0.3, -0.25) is 9.89 Å². The van der Waals surface area contributed by atoms with Crippen LogP contribution in [0, 0.1) is 0 Å². The average molecular weight is 290 g/mol. The molecule has 0 atom stereocenters. The van der Waals surface area contributed by atoms with Gasteiger partial charge < -0.3 is 14.7 Å². The second kappa shape index (κ2) is 6.25. The molecule has 0 fully saturated rings. The molecule has 1 aromatic heterocycles. The summed E-state index contributed by atoms with van der Waals surface area (Å²) >= 11 is 0. The van der Waals surface area contributed by atoms with Gasteiger partial charge in [0.2, 0.25) is 5.82 Å². The average Bonchev–Trinajstić information content (AvgIpc) is 2.97. The van der Waals surface area contributed by atoms with Gasteiger partial charge in [-0.15, -0.1) is 5.10 Å². The van der Waals surface area contributed by atoms with E-state index in [2.05, 4.69) is 15.2 Å². The van der Waals surface area contributed by atoms with Crippen molar-refractivity contribution in [2.75, 3.05) is 14.2 Å². The van der Waals surface area contributed by atoms with Crippen molar-refractivity contribution >= 4 is 5.91 Å². The van der Waals surface area contributed by atoms with E-state index < -0.39 is 0 Å². The minimum Gasteiger partial charge on any atom is -0.504 e. The van der Waals surface area contributed by atoms with E-state index in [0.717, 1.165) is 5.56 Å². The number of phenolic OH excluding ortho intramolecular Hbond substituents is 1. The number of aromatic hydroxyl groups is 1. The molecule has 2 aromatic rings. The number of rotatable bonds is 5. The second-order valence-corrected chi connectivity index (χ2v) is 4.63. The fourth-order valence-corrected chi connectivity index (χ4v) is 1.89. The first-order valence-electron chi connectivity index (χ1n) is 6.57. The van der Waals surface area contributed by atoms with Crippen molar-refractivity contribution in [1.82, 2.24) is 20.1 Å². The van der Waals surface area contributed by atoms with Crippen molar-refractivity contribution in [2.45, 2.75) is 19.9 Å². The number of benzene rings is 1. The summed E-state index contributed by atoms with van der Waals surface area (Å²) in [4.78, 5) is 17.8. The molecule has 7 nitrogen and oxygen atoms in total. The number of nitrogens with one attached hydrogen (secondary N) is 1. The number of carbonyl (C=O) groups excluding carboxylic acids is 1. The van der Waals surface area contributed by atoms with Gasteiger partial charge in [-0.2, -0.15) is 0 Å². The number of carbonyl (C=O) groups is 1. The molecule has 2 rings (SSSR count). The van der Waals surface area contributed by atoms with Gasteiger partial charge in [0.05, 0.1) is 7.11 Å². The van der Waals surface area contributed by atoms with Crippen LogP contribution >= 0.6 is 0 Å². The first kappa shape index (κ1) is 14.8. The number of hydrogen-bond donors (Lipinski definition) is 2. The molecule has 0 bridgehead atoms. The summed E-state index contributed by atoms with van der Waals surface area (Å²) in [6.45, 7) is 2.30. The molecule has 112 valence electrons. The number of aromatic nitrogens is 3. The lowest BCUT2D eigenvalue weighted by Gasteiger charge is -2.16. The fraction of sp³-hybridized carbons (Fsp3) is 0.357. The SMILES string of the molecule is CCc1nc(C(=O)N(C)Cc2ccc(O)c(OC)c2)n[nH]1. The zero-order valence-electron chi connectivity index (χ0n) is 12.3. The van der Waals surface area contributed by atoms with Crippen molar-refractivity contribution in [3.05, 3.63) is 35.4 Å². The number of aromatic amines is 1. The number of ether oxygens (including phenoxy) is 1. The molecule has 1 aromatic carbocycles. The van der Waals surface area contributed by atoms with Gasteiger partial charge in [-0.05, 0) is 17.7 Å². The van der Waals surface area contributed by atoms with Crippen molar-refractivity contribution < 1.29 is 14.6 Å². The molecular formula is C14H18N4O3. The number of aryl methyl sites for hydroxylation is 1. The van der Waals surface area contributed by atoms with Crippen LogP contribution in [0.3, 0.4) is 0 Å². The summed E-state index contributed by atoms with van der Waals surface area (Å²) < 4.78 is 5.05. The maximum atomic E-state index is 12.2. The molecule has 0 spiro atoms. The standard InChI is InChI=1S/C14H18N4O3/c1-4-12-15-13(17-16-12)14(20)18(2)8-9-5-6-10(19)11(7-9)21-3/h5-7,19H,4,8H2,1-3H3,(H,15,16,17). The number of H-pyrrole nitrogens is 1. The quantitative estimate of drug-likeness (QED) is 0.867. The van der Waals surface area contributed by atoms with Gasteiger partial charge in [0, 0.05) is 20.0 Å². The summed E-state index contributed by atoms with van der Waals surface area (Å²) in [6, 6.07) is 4.96. The van der Waals surface area contributed by atoms with Crippen molar-refractivity contribution in [1.29, 1.82) is 0 Å². The van der Waals surface area contributed by atoms with Gasteiger partial charge in [0.1, 0.15) is 5.82 Å². The highest BCUT2D eigenvalue weighted by Gasteiger charge is 2.17. The fourth-order valence-electron chi connectivity index (χ4n) is 1.89. The molecular weight excluding hydrogens is 272 g/mol. The first-order chi connectivity index (χ1) is 10.0. The van der Waals surface area contributed by atoms with Crippen LogP contribution in [0.1, 0.15) is 28.9 Å². The molecule has 0 saturated carbocycles. The Balaban J connectivity index is 2.10. The highest BCUT2D eigenvalue weighted by Crippen LogP contribution is 2.26. The Morgan fingerprint density at radius 2 is 2.24 bits per heavy atom. The minimum atomic E-state index is -0.266. The highest BCUT2D eigenvalue weighted by molar-refractivity contribution is 5.90. The van der Waals surface area contributed by atoms with Crippen LogP contribution in [0.4, 0.5) is 0 Å². The molecule has 0 aliphatic heterocycles. The van der Waals surface area contributed by atoms with Crippen LogP contribution in [0.25, 0.3) is 0 Å². The molecule has 0 saturated heterocycles. The molecule has 1 heterocycles. The van der Waals surface area contributed by atoms with E-state index in [9.17, 15) is 9.90 Å². The Morgan fingerprint density at radius 3 is 2.86 bits per heavy atom. The summed E-state index contributed by atoms with van der Waals surface area (Å²) in [5.74, 6) is 1.01. The van der Waals surface area contributed by atoms with E-state index in [0.29, 0.717) is 24.5 Å². The Hall–Kier alpha value is -2.57. The third-order valence-corrected chi connectivity index (χ3v) is 3.07. The van der Waals surface area contributed by atoms with Gasteiger partial charge >= 0.3 is 0 Å². The molecule has 0 aliphatic rings. The third kappa shape index (κ3) is 3.31. The number of phenols is 1.